The van der Waals surface area contributed by atoms with Gasteiger partial charge in [-0.25, -0.2) is 4.79 Å². The Labute approximate surface area is 108 Å². The minimum absolute atomic E-state index is 0.169. The third kappa shape index (κ3) is 1.95. The second-order valence-corrected chi connectivity index (χ2v) is 5.05. The van der Waals surface area contributed by atoms with Crippen LogP contribution in [0.25, 0.3) is 0 Å². The van der Waals surface area contributed by atoms with Crippen molar-refractivity contribution >= 4 is 17.7 Å². The first-order chi connectivity index (χ1) is 8.74. The Morgan fingerprint density at radius 3 is 2.78 bits per heavy atom. The highest BCUT2D eigenvalue weighted by atomic mass is 32.2. The molecule has 90 valence electrons. The van der Waals surface area contributed by atoms with E-state index < -0.39 is 5.44 Å². The van der Waals surface area contributed by atoms with E-state index in [1.54, 1.807) is 24.3 Å². The summed E-state index contributed by atoms with van der Waals surface area (Å²) in [5.74, 6) is -0.152. The van der Waals surface area contributed by atoms with Crippen molar-refractivity contribution in [3.05, 3.63) is 59.7 Å². The molecule has 2 aromatic carbocycles. The second kappa shape index (κ2) is 4.38. The van der Waals surface area contributed by atoms with E-state index in [0.717, 1.165) is 10.5 Å². The van der Waals surface area contributed by atoms with Crippen molar-refractivity contribution < 1.29 is 14.6 Å². The van der Waals surface area contributed by atoms with Gasteiger partial charge in [0, 0.05) is 10.5 Å². The van der Waals surface area contributed by atoms with Crippen molar-refractivity contribution in [3.63, 3.8) is 0 Å². The van der Waals surface area contributed by atoms with E-state index in [1.807, 2.05) is 24.3 Å². The zero-order valence-electron chi connectivity index (χ0n) is 9.37. The number of esters is 1. The number of thioether (sulfide) groups is 1. The molecule has 0 aliphatic carbocycles. The highest BCUT2D eigenvalue weighted by Gasteiger charge is 2.27. The van der Waals surface area contributed by atoms with Crippen LogP contribution in [0, 0.1) is 0 Å². The lowest BCUT2D eigenvalue weighted by molar-refractivity contribution is 0.0439. The Kier molecular flexibility index (Phi) is 2.72. The maximum atomic E-state index is 11.9. The summed E-state index contributed by atoms with van der Waals surface area (Å²) in [6.07, 6.45) is 0. The standard InChI is InChI=1S/C14H10O3S/c15-10-5-3-4-9(8-10)14-17-13(16)11-6-1-2-7-12(11)18-14/h1-8,14-15H/t14-/m1/s1. The summed E-state index contributed by atoms with van der Waals surface area (Å²) in [4.78, 5) is 12.8. The molecule has 0 amide bonds. The van der Waals surface area contributed by atoms with Crippen molar-refractivity contribution in [2.24, 2.45) is 0 Å². The van der Waals surface area contributed by atoms with Crippen LogP contribution in [0.2, 0.25) is 0 Å². The first-order valence-corrected chi connectivity index (χ1v) is 6.37. The fourth-order valence-corrected chi connectivity index (χ4v) is 2.93. The van der Waals surface area contributed by atoms with Crippen LogP contribution in [0.15, 0.2) is 53.4 Å². The van der Waals surface area contributed by atoms with Gasteiger partial charge in [-0.05, 0) is 24.3 Å². The number of phenolic OH excluding ortho intramolecular Hbond substituents is 1. The van der Waals surface area contributed by atoms with E-state index >= 15 is 0 Å². The Balaban J connectivity index is 1.97. The summed E-state index contributed by atoms with van der Waals surface area (Å²) < 4.78 is 5.37. The highest BCUT2D eigenvalue weighted by Crippen LogP contribution is 2.43. The zero-order chi connectivity index (χ0) is 12.5. The van der Waals surface area contributed by atoms with E-state index in [1.165, 1.54) is 11.8 Å². The number of rotatable bonds is 1. The molecule has 0 bridgehead atoms. The number of ether oxygens (including phenoxy) is 1. The summed E-state index contributed by atoms with van der Waals surface area (Å²) >= 11 is 1.47. The lowest BCUT2D eigenvalue weighted by Crippen LogP contribution is -2.15. The Morgan fingerprint density at radius 1 is 1.11 bits per heavy atom. The Morgan fingerprint density at radius 2 is 1.94 bits per heavy atom. The van der Waals surface area contributed by atoms with E-state index in [2.05, 4.69) is 0 Å². The number of aromatic hydroxyl groups is 1. The number of hydrogen-bond donors (Lipinski definition) is 1. The van der Waals surface area contributed by atoms with Crippen LogP contribution in [0.3, 0.4) is 0 Å². The van der Waals surface area contributed by atoms with Gasteiger partial charge in [0.15, 0.2) is 5.44 Å². The van der Waals surface area contributed by atoms with Crippen LogP contribution in [-0.4, -0.2) is 11.1 Å². The van der Waals surface area contributed by atoms with Crippen LogP contribution in [-0.2, 0) is 4.74 Å². The molecule has 18 heavy (non-hydrogen) atoms. The van der Waals surface area contributed by atoms with Gasteiger partial charge in [-0.3, -0.25) is 0 Å². The van der Waals surface area contributed by atoms with Crippen LogP contribution >= 0.6 is 11.8 Å². The summed E-state index contributed by atoms with van der Waals surface area (Å²) in [5, 5.41) is 9.46. The molecule has 1 aliphatic heterocycles. The number of carbonyl (C=O) groups excluding carboxylic acids is 1. The average molecular weight is 258 g/mol. The lowest BCUT2D eigenvalue weighted by atomic mass is 10.2. The molecule has 3 nitrogen and oxygen atoms in total. The molecular weight excluding hydrogens is 248 g/mol. The van der Waals surface area contributed by atoms with Crippen molar-refractivity contribution in [2.75, 3.05) is 0 Å². The Bertz CT molecular complexity index is 609. The topological polar surface area (TPSA) is 46.5 Å². The zero-order valence-corrected chi connectivity index (χ0v) is 10.2. The first-order valence-electron chi connectivity index (χ1n) is 5.49. The predicted molar refractivity (Wildman–Crippen MR) is 68.6 cm³/mol. The molecule has 1 aliphatic rings. The molecule has 2 aromatic rings. The SMILES string of the molecule is O=C1O[C@@H](c2cccc(O)c2)Sc2ccccc21. The fourth-order valence-electron chi connectivity index (χ4n) is 1.85. The molecule has 1 heterocycles. The van der Waals surface area contributed by atoms with E-state index in [-0.39, 0.29) is 11.7 Å². The number of carbonyl (C=O) groups is 1. The van der Waals surface area contributed by atoms with Gasteiger partial charge in [-0.15, -0.1) is 0 Å². The molecule has 4 heteroatoms. The maximum absolute atomic E-state index is 11.9. The number of hydrogen-bond acceptors (Lipinski definition) is 4. The molecule has 1 atom stereocenters. The molecule has 0 aromatic heterocycles. The smallest absolute Gasteiger partial charge is 0.340 e. The first kappa shape index (κ1) is 11.2. The Hall–Kier alpha value is -1.94. The molecule has 0 unspecified atom stereocenters. The molecule has 0 radical (unpaired) electrons. The third-order valence-electron chi connectivity index (χ3n) is 2.70. The summed E-state index contributed by atoms with van der Waals surface area (Å²) in [6, 6.07) is 14.1. The van der Waals surface area contributed by atoms with Crippen LogP contribution in [0.5, 0.6) is 5.75 Å². The predicted octanol–water partition coefficient (Wildman–Crippen LogP) is 3.35. The third-order valence-corrected chi connectivity index (χ3v) is 3.89. The van der Waals surface area contributed by atoms with Gasteiger partial charge in [0.05, 0.1) is 5.56 Å². The van der Waals surface area contributed by atoms with Gasteiger partial charge < -0.3 is 9.84 Å². The van der Waals surface area contributed by atoms with Crippen molar-refractivity contribution in [1.82, 2.24) is 0 Å². The summed E-state index contributed by atoms with van der Waals surface area (Å²) in [6.45, 7) is 0. The van der Waals surface area contributed by atoms with E-state index in [0.29, 0.717) is 5.56 Å². The molecule has 0 saturated heterocycles. The van der Waals surface area contributed by atoms with E-state index in [9.17, 15) is 9.90 Å². The van der Waals surface area contributed by atoms with Gasteiger partial charge in [0.25, 0.3) is 0 Å². The van der Waals surface area contributed by atoms with E-state index in [4.69, 9.17) is 4.74 Å². The molecule has 0 saturated carbocycles. The monoisotopic (exact) mass is 258 g/mol. The summed E-state index contributed by atoms with van der Waals surface area (Å²) in [7, 11) is 0. The van der Waals surface area contributed by atoms with Gasteiger partial charge in [-0.1, -0.05) is 36.0 Å². The molecular formula is C14H10O3S. The van der Waals surface area contributed by atoms with Gasteiger partial charge in [0.2, 0.25) is 0 Å². The molecule has 3 rings (SSSR count). The largest absolute Gasteiger partial charge is 0.508 e. The molecule has 1 N–H and O–H groups in total. The normalized spacial score (nSPS) is 18.0. The van der Waals surface area contributed by atoms with Crippen LogP contribution < -0.4 is 0 Å². The minimum Gasteiger partial charge on any atom is -0.508 e. The van der Waals surface area contributed by atoms with Crippen molar-refractivity contribution in [1.29, 1.82) is 0 Å². The van der Waals surface area contributed by atoms with Crippen LogP contribution in [0.4, 0.5) is 0 Å². The number of cyclic esters (lactones) is 1. The number of fused-ring (bicyclic) bond motifs is 1. The minimum atomic E-state index is -0.403. The van der Waals surface area contributed by atoms with Gasteiger partial charge in [0.1, 0.15) is 5.75 Å². The number of benzene rings is 2. The summed E-state index contributed by atoms with van der Waals surface area (Å²) in [5.41, 5.74) is 0.973. The van der Waals surface area contributed by atoms with Gasteiger partial charge in [-0.2, -0.15) is 0 Å². The maximum Gasteiger partial charge on any atom is 0.340 e. The number of phenols is 1. The fraction of sp³-hybridized carbons (Fsp3) is 0.0714. The average Bonchev–Trinajstić information content (AvgIpc) is 2.39. The quantitative estimate of drug-likeness (QED) is 0.797. The van der Waals surface area contributed by atoms with Crippen molar-refractivity contribution in [2.45, 2.75) is 10.3 Å². The second-order valence-electron chi connectivity index (χ2n) is 3.95. The molecule has 0 spiro atoms. The highest BCUT2D eigenvalue weighted by molar-refractivity contribution is 7.99. The lowest BCUT2D eigenvalue weighted by Gasteiger charge is -2.24. The van der Waals surface area contributed by atoms with Crippen molar-refractivity contribution in [3.8, 4) is 5.75 Å². The molecule has 0 fully saturated rings. The van der Waals surface area contributed by atoms with Gasteiger partial charge >= 0.3 is 5.97 Å². The van der Waals surface area contributed by atoms with Crippen LogP contribution in [0.1, 0.15) is 21.4 Å².